The topological polar surface area (TPSA) is 36.0 Å². The van der Waals surface area contributed by atoms with Crippen LogP contribution in [0.4, 0.5) is 0 Å². The van der Waals surface area contributed by atoms with E-state index in [9.17, 15) is 4.79 Å². The van der Waals surface area contributed by atoms with Crippen molar-refractivity contribution in [3.05, 3.63) is 0 Å². The van der Waals surface area contributed by atoms with Crippen LogP contribution in [0, 0.1) is 0 Å². The lowest BCUT2D eigenvalue weighted by Crippen LogP contribution is -2.49. The normalized spacial score (nSPS) is 27.5. The van der Waals surface area contributed by atoms with Crippen molar-refractivity contribution in [3.63, 3.8) is 0 Å². The molecule has 5 heteroatoms. The molecule has 3 heterocycles. The number of hydrogen-bond donors (Lipinski definition) is 0. The lowest BCUT2D eigenvalue weighted by atomic mass is 10.1. The third-order valence-electron chi connectivity index (χ3n) is 6.10. The highest BCUT2D eigenvalue weighted by Crippen LogP contribution is 2.18. The van der Waals surface area contributed by atoms with Crippen LogP contribution in [0.1, 0.15) is 51.9 Å². The molecule has 0 aliphatic carbocycles. The molecule has 0 bridgehead atoms. The highest BCUT2D eigenvalue weighted by atomic mass is 16.5. The van der Waals surface area contributed by atoms with Crippen molar-refractivity contribution in [2.24, 2.45) is 0 Å². The molecule has 0 spiro atoms. The fraction of sp³-hybridized carbons (Fsp3) is 0.947. The van der Waals surface area contributed by atoms with Crippen LogP contribution in [0.2, 0.25) is 0 Å². The Morgan fingerprint density at radius 3 is 2.29 bits per heavy atom. The summed E-state index contributed by atoms with van der Waals surface area (Å²) in [7, 11) is 0. The van der Waals surface area contributed by atoms with Crippen molar-refractivity contribution >= 4 is 5.91 Å². The maximum Gasteiger partial charge on any atom is 0.239 e. The smallest absolute Gasteiger partial charge is 0.239 e. The molecule has 0 N–H and O–H groups in total. The lowest BCUT2D eigenvalue weighted by molar-refractivity contribution is -0.136. The van der Waals surface area contributed by atoms with Gasteiger partial charge in [-0.3, -0.25) is 14.6 Å². The predicted octanol–water partition coefficient (Wildman–Crippen LogP) is 1.96. The zero-order chi connectivity index (χ0) is 16.8. The van der Waals surface area contributed by atoms with Crippen molar-refractivity contribution in [3.8, 4) is 0 Å². The molecule has 0 saturated carbocycles. The fourth-order valence-electron chi connectivity index (χ4n) is 4.48. The maximum absolute atomic E-state index is 13.0. The minimum Gasteiger partial charge on any atom is -0.381 e. The molecule has 3 fully saturated rings. The molecule has 0 aromatic rings. The molecule has 3 aliphatic rings. The lowest BCUT2D eigenvalue weighted by Gasteiger charge is -2.34. The number of ether oxygens (including phenoxy) is 1. The Hall–Kier alpha value is -0.650. The van der Waals surface area contributed by atoms with Crippen molar-refractivity contribution in [1.82, 2.24) is 14.7 Å². The van der Waals surface area contributed by atoms with Gasteiger partial charge < -0.3 is 9.64 Å². The van der Waals surface area contributed by atoms with Crippen LogP contribution in [0.25, 0.3) is 0 Å². The van der Waals surface area contributed by atoms with Gasteiger partial charge in [-0.2, -0.15) is 0 Å². The highest BCUT2D eigenvalue weighted by molar-refractivity contribution is 5.81. The number of likely N-dealkylation sites (tertiary alicyclic amines) is 1. The molecular weight excluding hydrogens is 302 g/mol. The summed E-state index contributed by atoms with van der Waals surface area (Å²) in [6.45, 7) is 10.1. The molecule has 5 nitrogen and oxygen atoms in total. The third kappa shape index (κ3) is 4.70. The average Bonchev–Trinajstić information content (AvgIpc) is 3.04. The van der Waals surface area contributed by atoms with Gasteiger partial charge in [0.2, 0.25) is 5.91 Å². The molecule has 0 aromatic heterocycles. The van der Waals surface area contributed by atoms with Crippen LogP contribution in [0.15, 0.2) is 0 Å². The monoisotopic (exact) mass is 337 g/mol. The van der Waals surface area contributed by atoms with Crippen molar-refractivity contribution in [1.29, 1.82) is 0 Å². The van der Waals surface area contributed by atoms with Gasteiger partial charge in [-0.15, -0.1) is 0 Å². The van der Waals surface area contributed by atoms with E-state index in [0.29, 0.717) is 11.9 Å². The summed E-state index contributed by atoms with van der Waals surface area (Å²) in [5.74, 6) is 0.353. The van der Waals surface area contributed by atoms with E-state index < -0.39 is 0 Å². The Morgan fingerprint density at radius 2 is 1.58 bits per heavy atom. The summed E-state index contributed by atoms with van der Waals surface area (Å²) in [6, 6.07) is 0.717. The van der Waals surface area contributed by atoms with Gasteiger partial charge in [-0.25, -0.2) is 0 Å². The number of rotatable bonds is 3. The van der Waals surface area contributed by atoms with Gasteiger partial charge >= 0.3 is 0 Å². The van der Waals surface area contributed by atoms with E-state index in [-0.39, 0.29) is 6.04 Å². The molecule has 138 valence electrons. The molecule has 0 radical (unpaired) electrons. The Labute approximate surface area is 147 Å². The van der Waals surface area contributed by atoms with Crippen LogP contribution in [-0.4, -0.2) is 85.2 Å². The summed E-state index contributed by atoms with van der Waals surface area (Å²) >= 11 is 0. The predicted molar refractivity (Wildman–Crippen MR) is 96.1 cm³/mol. The van der Waals surface area contributed by atoms with Gasteiger partial charge in [-0.05, 0) is 52.1 Å². The van der Waals surface area contributed by atoms with Gasteiger partial charge in [-0.1, -0.05) is 12.8 Å². The van der Waals surface area contributed by atoms with Crippen LogP contribution in [0.3, 0.4) is 0 Å². The molecule has 24 heavy (non-hydrogen) atoms. The Kier molecular flexibility index (Phi) is 6.93. The summed E-state index contributed by atoms with van der Waals surface area (Å²) in [5.41, 5.74) is 0. The summed E-state index contributed by atoms with van der Waals surface area (Å²) < 4.78 is 5.49. The summed E-state index contributed by atoms with van der Waals surface area (Å²) in [5, 5.41) is 0. The minimum atomic E-state index is 0.0535. The Bertz CT molecular complexity index is 390. The van der Waals surface area contributed by atoms with Gasteiger partial charge in [0.25, 0.3) is 0 Å². The molecule has 1 amide bonds. The molecule has 3 aliphatic heterocycles. The van der Waals surface area contributed by atoms with Crippen molar-refractivity contribution in [2.45, 2.75) is 64.0 Å². The SMILES string of the molecule is C[C@H](C(=O)N1CCCN(C2CCOCC2)CC1)N1CCCCCC1. The van der Waals surface area contributed by atoms with E-state index in [1.54, 1.807) is 0 Å². The van der Waals surface area contributed by atoms with Crippen LogP contribution >= 0.6 is 0 Å². The average molecular weight is 338 g/mol. The number of carbonyl (C=O) groups excluding carboxylic acids is 1. The van der Waals surface area contributed by atoms with Crippen LogP contribution < -0.4 is 0 Å². The first-order valence-electron chi connectivity index (χ1n) is 10.1. The second-order valence-corrected chi connectivity index (χ2v) is 7.68. The zero-order valence-electron chi connectivity index (χ0n) is 15.4. The van der Waals surface area contributed by atoms with E-state index in [4.69, 9.17) is 4.74 Å². The largest absolute Gasteiger partial charge is 0.381 e. The standard InChI is InChI=1S/C19H35N3O2/c1-17(20-9-4-2-3-5-10-20)19(23)22-12-6-11-21(13-14-22)18-7-15-24-16-8-18/h17-18H,2-16H2,1H3/t17-/m1/s1. The summed E-state index contributed by atoms with van der Waals surface area (Å²) in [6.07, 6.45) is 8.54. The van der Waals surface area contributed by atoms with E-state index in [0.717, 1.165) is 71.7 Å². The minimum absolute atomic E-state index is 0.0535. The molecular formula is C19H35N3O2. The number of nitrogens with zero attached hydrogens (tertiary/aromatic N) is 3. The number of hydrogen-bond acceptors (Lipinski definition) is 4. The quantitative estimate of drug-likeness (QED) is 0.789. The summed E-state index contributed by atoms with van der Waals surface area (Å²) in [4.78, 5) is 20.1. The first-order chi connectivity index (χ1) is 11.8. The van der Waals surface area contributed by atoms with Crippen LogP contribution in [0.5, 0.6) is 0 Å². The van der Waals surface area contributed by atoms with Crippen LogP contribution in [-0.2, 0) is 9.53 Å². The molecule has 0 unspecified atom stereocenters. The van der Waals surface area contributed by atoms with Gasteiger partial charge in [0.1, 0.15) is 0 Å². The number of amides is 1. The van der Waals surface area contributed by atoms with Crippen molar-refractivity contribution in [2.75, 3.05) is 52.5 Å². The second-order valence-electron chi connectivity index (χ2n) is 7.68. The van der Waals surface area contributed by atoms with E-state index in [2.05, 4.69) is 21.6 Å². The Balaban J connectivity index is 1.51. The van der Waals surface area contributed by atoms with Gasteiger partial charge in [0.05, 0.1) is 6.04 Å². The first kappa shape index (κ1) is 18.2. The van der Waals surface area contributed by atoms with E-state index in [1.807, 2.05) is 0 Å². The van der Waals surface area contributed by atoms with E-state index in [1.165, 1.54) is 25.7 Å². The van der Waals surface area contributed by atoms with E-state index >= 15 is 0 Å². The molecule has 1 atom stereocenters. The highest BCUT2D eigenvalue weighted by Gasteiger charge is 2.29. The van der Waals surface area contributed by atoms with Gasteiger partial charge in [0.15, 0.2) is 0 Å². The zero-order valence-corrected chi connectivity index (χ0v) is 15.4. The second kappa shape index (κ2) is 9.16. The molecule has 3 saturated heterocycles. The molecule has 0 aromatic carbocycles. The van der Waals surface area contributed by atoms with Gasteiger partial charge in [0, 0.05) is 45.4 Å². The van der Waals surface area contributed by atoms with Crippen molar-refractivity contribution < 1.29 is 9.53 Å². The first-order valence-corrected chi connectivity index (χ1v) is 10.1. The number of carbonyl (C=O) groups is 1. The third-order valence-corrected chi connectivity index (χ3v) is 6.10. The molecule has 3 rings (SSSR count). The fourth-order valence-corrected chi connectivity index (χ4v) is 4.48. The Morgan fingerprint density at radius 1 is 0.875 bits per heavy atom. The maximum atomic E-state index is 13.0.